The number of aliphatic hydroxyl groups excluding tert-OH is 1. The topological polar surface area (TPSA) is 65.3 Å². The Morgan fingerprint density at radius 1 is 1.36 bits per heavy atom. The highest BCUT2D eigenvalue weighted by Gasteiger charge is 2.58. The molecule has 0 amide bonds. The third-order valence-electron chi connectivity index (χ3n) is 6.47. The summed E-state index contributed by atoms with van der Waals surface area (Å²) >= 11 is 0. The zero-order valence-electron chi connectivity index (χ0n) is 14.4. The minimum absolute atomic E-state index is 0.142. The molecule has 0 saturated carbocycles. The Hall–Kier alpha value is -2.14. The number of rotatable bonds is 1. The number of aliphatic hydroxyl groups is 1. The molecule has 25 heavy (non-hydrogen) atoms. The van der Waals surface area contributed by atoms with Crippen LogP contribution in [0.15, 0.2) is 24.3 Å². The van der Waals surface area contributed by atoms with E-state index in [1.165, 1.54) is 22.4 Å². The zero-order chi connectivity index (χ0) is 17.2. The molecule has 2 N–H and O–H groups in total. The number of nitrogens with zero attached hydrogens (tertiary/aromatic N) is 1. The number of H-pyrrole nitrogens is 1. The molecular weight excluding hydrogens is 316 g/mol. The molecule has 0 spiro atoms. The van der Waals surface area contributed by atoms with E-state index in [0.29, 0.717) is 6.42 Å². The van der Waals surface area contributed by atoms with Crippen molar-refractivity contribution in [3.05, 3.63) is 35.5 Å². The van der Waals surface area contributed by atoms with E-state index in [1.54, 1.807) is 0 Å². The summed E-state index contributed by atoms with van der Waals surface area (Å²) in [6.45, 7) is 4.04. The number of fused-ring (bicyclic) bond motifs is 6. The lowest BCUT2D eigenvalue weighted by Gasteiger charge is -2.46. The lowest BCUT2D eigenvalue weighted by molar-refractivity contribution is -0.542. The molecule has 2 aromatic rings. The fraction of sp³-hybridized carbons (Fsp3) is 0.500. The number of para-hydroxylation sites is 1. The van der Waals surface area contributed by atoms with Crippen molar-refractivity contribution in [2.45, 2.75) is 44.8 Å². The third-order valence-corrected chi connectivity index (χ3v) is 6.47. The molecule has 3 aliphatic rings. The van der Waals surface area contributed by atoms with Gasteiger partial charge < -0.3 is 14.8 Å². The fourth-order valence-electron chi connectivity index (χ4n) is 5.25. The van der Waals surface area contributed by atoms with Gasteiger partial charge in [-0.1, -0.05) is 25.1 Å². The SMILES string of the molecule is CC[C@@]12C[C@H](O)C(=O)O[C@H]1CC[N+]1=C2c2[nH]c3ccccc3c2CC1. The predicted molar refractivity (Wildman–Crippen MR) is 94.0 cm³/mol. The van der Waals surface area contributed by atoms with Gasteiger partial charge in [-0.25, -0.2) is 9.37 Å². The molecule has 0 aliphatic carbocycles. The standard InChI is InChI=1S/C20H22N2O3/c1-2-20-11-15(23)19(24)25-16(20)8-10-22-9-7-13-12-5-3-4-6-14(12)21-17(13)18(20)22/h3-6,15-16,23H,2,7-11H2,1H3/p+1/t15-,16-,20+/m0/s1. The molecular formula is C20H23N2O3+. The Morgan fingerprint density at radius 2 is 2.20 bits per heavy atom. The number of aromatic nitrogens is 1. The van der Waals surface area contributed by atoms with Crippen LogP contribution < -0.4 is 0 Å². The van der Waals surface area contributed by atoms with Gasteiger partial charge in [-0.05, 0) is 18.1 Å². The maximum absolute atomic E-state index is 12.0. The van der Waals surface area contributed by atoms with E-state index in [0.717, 1.165) is 37.9 Å². The van der Waals surface area contributed by atoms with Gasteiger partial charge in [0.05, 0.1) is 5.41 Å². The monoisotopic (exact) mass is 339 g/mol. The van der Waals surface area contributed by atoms with Crippen LogP contribution in [0.2, 0.25) is 0 Å². The maximum atomic E-state index is 12.0. The smallest absolute Gasteiger partial charge is 0.335 e. The first kappa shape index (κ1) is 15.1. The van der Waals surface area contributed by atoms with Crippen molar-refractivity contribution in [2.75, 3.05) is 13.1 Å². The van der Waals surface area contributed by atoms with Crippen molar-refractivity contribution in [1.29, 1.82) is 0 Å². The number of carbonyl (C=O) groups excluding carboxylic acids is 1. The fourth-order valence-corrected chi connectivity index (χ4v) is 5.25. The van der Waals surface area contributed by atoms with Gasteiger partial charge in [-0.2, -0.15) is 0 Å². The molecule has 130 valence electrons. The number of ether oxygens (including phenoxy) is 1. The van der Waals surface area contributed by atoms with E-state index in [1.807, 2.05) is 0 Å². The van der Waals surface area contributed by atoms with Crippen LogP contribution >= 0.6 is 0 Å². The van der Waals surface area contributed by atoms with Crippen LogP contribution in [-0.4, -0.2) is 51.6 Å². The Morgan fingerprint density at radius 3 is 3.04 bits per heavy atom. The first-order valence-corrected chi connectivity index (χ1v) is 9.25. The number of benzene rings is 1. The molecule has 1 aromatic heterocycles. The van der Waals surface area contributed by atoms with E-state index in [9.17, 15) is 9.90 Å². The van der Waals surface area contributed by atoms with Gasteiger partial charge in [-0.3, -0.25) is 0 Å². The van der Waals surface area contributed by atoms with Crippen LogP contribution in [0.4, 0.5) is 0 Å². The highest BCUT2D eigenvalue weighted by atomic mass is 16.6. The molecule has 1 fully saturated rings. The van der Waals surface area contributed by atoms with Crippen LogP contribution in [0.1, 0.15) is 37.4 Å². The summed E-state index contributed by atoms with van der Waals surface area (Å²) in [5, 5.41) is 11.6. The Labute approximate surface area is 146 Å². The summed E-state index contributed by atoms with van der Waals surface area (Å²) in [7, 11) is 0. The zero-order valence-corrected chi connectivity index (χ0v) is 14.4. The van der Waals surface area contributed by atoms with E-state index in [-0.39, 0.29) is 11.5 Å². The first-order chi connectivity index (χ1) is 12.1. The minimum atomic E-state index is -1.03. The van der Waals surface area contributed by atoms with Gasteiger partial charge in [0.2, 0.25) is 5.71 Å². The van der Waals surface area contributed by atoms with Gasteiger partial charge in [0, 0.05) is 30.2 Å². The molecule has 5 nitrogen and oxygen atoms in total. The number of carbonyl (C=O) groups is 1. The molecule has 3 aliphatic heterocycles. The van der Waals surface area contributed by atoms with Gasteiger partial charge in [0.15, 0.2) is 6.10 Å². The van der Waals surface area contributed by atoms with Crippen LogP contribution in [0.3, 0.4) is 0 Å². The normalized spacial score (nSPS) is 31.4. The van der Waals surface area contributed by atoms with Crippen LogP contribution in [-0.2, 0) is 16.0 Å². The highest BCUT2D eigenvalue weighted by Crippen LogP contribution is 2.46. The molecule has 1 aromatic carbocycles. The van der Waals surface area contributed by atoms with E-state index in [4.69, 9.17) is 4.74 Å². The van der Waals surface area contributed by atoms with Crippen LogP contribution in [0.25, 0.3) is 10.9 Å². The van der Waals surface area contributed by atoms with Crippen molar-refractivity contribution in [3.63, 3.8) is 0 Å². The molecule has 0 bridgehead atoms. The molecule has 5 heteroatoms. The van der Waals surface area contributed by atoms with Gasteiger partial charge >= 0.3 is 5.97 Å². The van der Waals surface area contributed by atoms with E-state index >= 15 is 0 Å². The Balaban J connectivity index is 1.74. The van der Waals surface area contributed by atoms with Gasteiger partial charge in [-0.15, -0.1) is 0 Å². The second kappa shape index (κ2) is 5.18. The van der Waals surface area contributed by atoms with E-state index < -0.39 is 12.1 Å². The lowest BCUT2D eigenvalue weighted by atomic mass is 9.65. The van der Waals surface area contributed by atoms with Crippen molar-refractivity contribution < 1.29 is 19.2 Å². The molecule has 4 heterocycles. The lowest BCUT2D eigenvalue weighted by Crippen LogP contribution is -2.60. The predicted octanol–water partition coefficient (Wildman–Crippen LogP) is 2.00. The first-order valence-electron chi connectivity index (χ1n) is 9.25. The number of esters is 1. The summed E-state index contributed by atoms with van der Waals surface area (Å²) < 4.78 is 8.13. The second-order valence-corrected chi connectivity index (χ2v) is 7.55. The summed E-state index contributed by atoms with van der Waals surface area (Å²) in [6, 6.07) is 8.43. The molecule has 0 radical (unpaired) electrons. The summed E-state index contributed by atoms with van der Waals surface area (Å²) in [6.07, 6.45) is 1.99. The Kier molecular flexibility index (Phi) is 3.14. The van der Waals surface area contributed by atoms with Crippen LogP contribution in [0.5, 0.6) is 0 Å². The average molecular weight is 339 g/mol. The quantitative estimate of drug-likeness (QED) is 0.617. The van der Waals surface area contributed by atoms with Crippen molar-refractivity contribution in [3.8, 4) is 0 Å². The van der Waals surface area contributed by atoms with E-state index in [2.05, 4.69) is 40.7 Å². The Bertz CT molecular complexity index is 913. The summed E-state index contributed by atoms with van der Waals surface area (Å²) in [4.78, 5) is 15.6. The van der Waals surface area contributed by atoms with Gasteiger partial charge in [0.1, 0.15) is 24.9 Å². The molecule has 5 rings (SSSR count). The largest absolute Gasteiger partial charge is 0.459 e. The number of hydrogen-bond acceptors (Lipinski definition) is 3. The minimum Gasteiger partial charge on any atom is -0.459 e. The number of nitrogens with one attached hydrogen (secondary N) is 1. The molecule has 3 atom stereocenters. The highest BCUT2D eigenvalue weighted by molar-refractivity contribution is 6.07. The van der Waals surface area contributed by atoms with Gasteiger partial charge in [0.25, 0.3) is 0 Å². The van der Waals surface area contributed by atoms with Crippen molar-refractivity contribution >= 4 is 22.6 Å². The third kappa shape index (κ3) is 1.93. The summed E-state index contributed by atoms with van der Waals surface area (Å²) in [5.74, 6) is -0.462. The van der Waals surface area contributed by atoms with Crippen molar-refractivity contribution in [1.82, 2.24) is 4.98 Å². The van der Waals surface area contributed by atoms with Crippen LogP contribution in [0, 0.1) is 5.41 Å². The average Bonchev–Trinajstić information content (AvgIpc) is 3.01. The maximum Gasteiger partial charge on any atom is 0.335 e. The number of hydrogen-bond donors (Lipinski definition) is 2. The summed E-state index contributed by atoms with van der Waals surface area (Å²) in [5.41, 5.74) is 4.64. The number of aromatic amines is 1. The molecule has 1 saturated heterocycles. The molecule has 0 unspecified atom stereocenters. The second-order valence-electron chi connectivity index (χ2n) is 7.55. The van der Waals surface area contributed by atoms with Crippen molar-refractivity contribution in [2.24, 2.45) is 5.41 Å².